The van der Waals surface area contributed by atoms with Crippen LogP contribution in [0.4, 0.5) is 10.5 Å². The molecule has 1 aromatic carbocycles. The highest BCUT2D eigenvalue weighted by Gasteiger charge is 2.27. The monoisotopic (exact) mass is 349 g/mol. The first-order valence-electron chi connectivity index (χ1n) is 8.74. The lowest BCUT2D eigenvalue weighted by atomic mass is 10.2. The zero-order valence-electron chi connectivity index (χ0n) is 15.2. The fourth-order valence-electron chi connectivity index (χ4n) is 2.72. The molecule has 1 fully saturated rings. The first-order chi connectivity index (χ1) is 12.0. The van der Waals surface area contributed by atoms with Crippen LogP contribution in [0.25, 0.3) is 0 Å². The van der Waals surface area contributed by atoms with E-state index < -0.39 is 0 Å². The van der Waals surface area contributed by atoms with Crippen molar-refractivity contribution in [3.63, 3.8) is 0 Å². The van der Waals surface area contributed by atoms with Crippen molar-refractivity contribution in [2.45, 2.75) is 26.8 Å². The van der Waals surface area contributed by atoms with Crippen molar-refractivity contribution in [1.29, 1.82) is 0 Å². The van der Waals surface area contributed by atoms with Crippen molar-refractivity contribution < 1.29 is 19.1 Å². The van der Waals surface area contributed by atoms with Gasteiger partial charge in [-0.1, -0.05) is 0 Å². The van der Waals surface area contributed by atoms with Gasteiger partial charge in [-0.3, -0.25) is 9.69 Å². The van der Waals surface area contributed by atoms with Gasteiger partial charge in [0.05, 0.1) is 19.3 Å². The lowest BCUT2D eigenvalue weighted by Gasteiger charge is -2.36. The molecule has 1 aliphatic heterocycles. The van der Waals surface area contributed by atoms with E-state index in [0.29, 0.717) is 39.4 Å². The van der Waals surface area contributed by atoms with Crippen LogP contribution >= 0.6 is 0 Å². The Morgan fingerprint density at radius 2 is 1.72 bits per heavy atom. The average Bonchev–Trinajstić information content (AvgIpc) is 2.63. The van der Waals surface area contributed by atoms with E-state index >= 15 is 0 Å². The van der Waals surface area contributed by atoms with E-state index in [1.54, 1.807) is 11.8 Å². The number of ether oxygens (including phenoxy) is 2. The molecule has 7 heteroatoms. The van der Waals surface area contributed by atoms with E-state index in [-0.39, 0.29) is 18.0 Å². The number of benzene rings is 1. The molecule has 7 nitrogen and oxygen atoms in total. The van der Waals surface area contributed by atoms with Crippen LogP contribution in [-0.2, 0) is 9.53 Å². The highest BCUT2D eigenvalue weighted by atomic mass is 16.6. The molecule has 2 amide bonds. The van der Waals surface area contributed by atoms with Crippen LogP contribution in [-0.4, -0.2) is 67.2 Å². The van der Waals surface area contributed by atoms with Gasteiger partial charge in [-0.25, -0.2) is 4.79 Å². The molecule has 0 spiro atoms. The summed E-state index contributed by atoms with van der Waals surface area (Å²) < 4.78 is 10.4. The fourth-order valence-corrected chi connectivity index (χ4v) is 2.72. The molecule has 25 heavy (non-hydrogen) atoms. The fraction of sp³-hybridized carbons (Fsp3) is 0.556. The summed E-state index contributed by atoms with van der Waals surface area (Å²) in [5, 5.41) is 2.92. The van der Waals surface area contributed by atoms with Crippen molar-refractivity contribution in [2.24, 2.45) is 0 Å². The maximum absolute atomic E-state index is 12.5. The van der Waals surface area contributed by atoms with E-state index in [2.05, 4.69) is 10.2 Å². The normalized spacial score (nSPS) is 16.2. The number of rotatable bonds is 6. The van der Waals surface area contributed by atoms with Gasteiger partial charge >= 0.3 is 6.09 Å². The average molecular weight is 349 g/mol. The van der Waals surface area contributed by atoms with Crippen molar-refractivity contribution in [3.05, 3.63) is 24.3 Å². The number of piperazine rings is 1. The number of nitrogens with one attached hydrogen (secondary N) is 1. The minimum absolute atomic E-state index is 0.0613. The van der Waals surface area contributed by atoms with E-state index in [4.69, 9.17) is 9.47 Å². The number of hydrogen-bond acceptors (Lipinski definition) is 5. The molecule has 0 saturated carbocycles. The molecule has 1 atom stereocenters. The summed E-state index contributed by atoms with van der Waals surface area (Å²) in [4.78, 5) is 27.9. The number of carbonyl (C=O) groups excluding carboxylic acids is 2. The third-order valence-corrected chi connectivity index (χ3v) is 4.20. The Kier molecular flexibility index (Phi) is 7.06. The van der Waals surface area contributed by atoms with Crippen LogP contribution < -0.4 is 10.1 Å². The molecule has 2 rings (SSSR count). The molecule has 1 saturated heterocycles. The topological polar surface area (TPSA) is 71.1 Å². The van der Waals surface area contributed by atoms with Gasteiger partial charge < -0.3 is 19.7 Å². The second-order valence-corrected chi connectivity index (χ2v) is 5.84. The van der Waals surface area contributed by atoms with Gasteiger partial charge in [0, 0.05) is 31.9 Å². The maximum Gasteiger partial charge on any atom is 0.409 e. The summed E-state index contributed by atoms with van der Waals surface area (Å²) in [7, 11) is 0. The van der Waals surface area contributed by atoms with Gasteiger partial charge in [0.1, 0.15) is 5.75 Å². The SMILES string of the molecule is CCOC(=O)N1CCN([C@@H](C)C(=O)Nc2ccc(OCC)cc2)CC1. The zero-order valence-corrected chi connectivity index (χ0v) is 15.2. The van der Waals surface area contributed by atoms with Crippen molar-refractivity contribution >= 4 is 17.7 Å². The highest BCUT2D eigenvalue weighted by molar-refractivity contribution is 5.94. The Morgan fingerprint density at radius 1 is 1.08 bits per heavy atom. The molecule has 138 valence electrons. The van der Waals surface area contributed by atoms with Gasteiger partial charge in [-0.05, 0) is 45.0 Å². The molecule has 0 aliphatic carbocycles. The molecule has 1 heterocycles. The maximum atomic E-state index is 12.5. The standard InChI is InChI=1S/C18H27N3O4/c1-4-24-16-8-6-15(7-9-16)19-17(22)14(3)20-10-12-21(13-11-20)18(23)25-5-2/h6-9,14H,4-5,10-13H2,1-3H3,(H,19,22)/t14-/m0/s1. The smallest absolute Gasteiger partial charge is 0.409 e. The predicted octanol–water partition coefficient (Wildman–Crippen LogP) is 2.19. The Bertz CT molecular complexity index is 568. The summed E-state index contributed by atoms with van der Waals surface area (Å²) in [5.74, 6) is 0.720. The molecule has 0 radical (unpaired) electrons. The summed E-state index contributed by atoms with van der Waals surface area (Å²) in [6, 6.07) is 7.06. The third kappa shape index (κ3) is 5.35. The minimum Gasteiger partial charge on any atom is -0.494 e. The zero-order chi connectivity index (χ0) is 18.2. The number of amides is 2. The number of hydrogen-bond donors (Lipinski definition) is 1. The Balaban J connectivity index is 1.83. The van der Waals surface area contributed by atoms with Gasteiger partial charge in [0.2, 0.25) is 5.91 Å². The molecule has 0 bridgehead atoms. The Hall–Kier alpha value is -2.28. The van der Waals surface area contributed by atoms with Crippen molar-refractivity contribution in [2.75, 3.05) is 44.7 Å². The summed E-state index contributed by atoms with van der Waals surface area (Å²) in [6.07, 6.45) is -0.284. The summed E-state index contributed by atoms with van der Waals surface area (Å²) in [5.41, 5.74) is 0.741. The van der Waals surface area contributed by atoms with E-state index in [1.165, 1.54) is 0 Å². The molecule has 0 unspecified atom stereocenters. The molecule has 1 aliphatic rings. The van der Waals surface area contributed by atoms with E-state index in [9.17, 15) is 9.59 Å². The number of carbonyl (C=O) groups is 2. The van der Waals surface area contributed by atoms with Gasteiger partial charge in [-0.15, -0.1) is 0 Å². The van der Waals surface area contributed by atoms with E-state index in [1.807, 2.05) is 38.1 Å². The van der Waals surface area contributed by atoms with Crippen LogP contribution in [0.15, 0.2) is 24.3 Å². The van der Waals surface area contributed by atoms with E-state index in [0.717, 1.165) is 11.4 Å². The molecule has 0 aromatic heterocycles. The minimum atomic E-state index is -0.284. The second kappa shape index (κ2) is 9.27. The molecule has 1 N–H and O–H groups in total. The highest BCUT2D eigenvalue weighted by Crippen LogP contribution is 2.16. The van der Waals surface area contributed by atoms with Gasteiger partial charge in [0.15, 0.2) is 0 Å². The van der Waals surface area contributed by atoms with Crippen molar-refractivity contribution in [1.82, 2.24) is 9.80 Å². The number of nitrogens with zero attached hydrogens (tertiary/aromatic N) is 2. The lowest BCUT2D eigenvalue weighted by Crippen LogP contribution is -2.54. The van der Waals surface area contributed by atoms with Crippen molar-refractivity contribution in [3.8, 4) is 5.75 Å². The van der Waals surface area contributed by atoms with Crippen LogP contribution in [0.5, 0.6) is 5.75 Å². The Morgan fingerprint density at radius 3 is 2.28 bits per heavy atom. The molecular formula is C18H27N3O4. The van der Waals surface area contributed by atoms with Crippen LogP contribution in [0.3, 0.4) is 0 Å². The Labute approximate surface area is 148 Å². The van der Waals surface area contributed by atoms with Gasteiger partial charge in [-0.2, -0.15) is 0 Å². The third-order valence-electron chi connectivity index (χ3n) is 4.20. The summed E-state index contributed by atoms with van der Waals surface area (Å²) in [6.45, 7) is 9.03. The predicted molar refractivity (Wildman–Crippen MR) is 95.9 cm³/mol. The van der Waals surface area contributed by atoms with Gasteiger partial charge in [0.25, 0.3) is 0 Å². The number of anilines is 1. The summed E-state index contributed by atoms with van der Waals surface area (Å²) >= 11 is 0. The van der Waals surface area contributed by atoms with Crippen LogP contribution in [0.2, 0.25) is 0 Å². The molecule has 1 aromatic rings. The quantitative estimate of drug-likeness (QED) is 0.852. The first kappa shape index (κ1) is 19.1. The lowest BCUT2D eigenvalue weighted by molar-refractivity contribution is -0.121. The second-order valence-electron chi connectivity index (χ2n) is 5.84. The van der Waals surface area contributed by atoms with Crippen LogP contribution in [0.1, 0.15) is 20.8 Å². The van der Waals surface area contributed by atoms with Crippen LogP contribution in [0, 0.1) is 0 Å². The largest absolute Gasteiger partial charge is 0.494 e. The molecular weight excluding hydrogens is 322 g/mol. The first-order valence-corrected chi connectivity index (χ1v) is 8.74.